The van der Waals surface area contributed by atoms with Gasteiger partial charge in [-0.25, -0.2) is 0 Å². The molecule has 10 rings (SSSR count). The molecule has 47 heavy (non-hydrogen) atoms. The van der Waals surface area contributed by atoms with Crippen LogP contribution in [0.4, 0.5) is 0 Å². The Morgan fingerprint density at radius 2 is 1.13 bits per heavy atom. The van der Waals surface area contributed by atoms with Crippen molar-refractivity contribution in [2.75, 3.05) is 0 Å². The Kier molecular flexibility index (Phi) is 5.46. The second-order valence-electron chi connectivity index (χ2n) is 13.7. The van der Waals surface area contributed by atoms with Crippen molar-refractivity contribution in [1.82, 2.24) is 0 Å². The number of fused-ring (bicyclic) bond motifs is 9. The minimum atomic E-state index is -0.0525. The number of hydrogen-bond donors (Lipinski definition) is 0. The molecule has 1 heterocycles. The van der Waals surface area contributed by atoms with E-state index in [1.807, 2.05) is 6.07 Å². The van der Waals surface area contributed by atoms with Crippen LogP contribution in [0.3, 0.4) is 0 Å². The summed E-state index contributed by atoms with van der Waals surface area (Å²) in [6, 6.07) is 56.0. The van der Waals surface area contributed by atoms with Crippen LogP contribution in [-0.2, 0) is 5.41 Å². The molecule has 1 nitrogen and oxygen atoms in total. The Bertz CT molecular complexity index is 2550. The van der Waals surface area contributed by atoms with E-state index in [-0.39, 0.29) is 11.3 Å². The highest BCUT2D eigenvalue weighted by atomic mass is 16.3. The largest absolute Gasteiger partial charge is 0.456 e. The molecule has 0 bridgehead atoms. The molecule has 1 heteroatoms. The van der Waals surface area contributed by atoms with E-state index in [1.165, 1.54) is 83.1 Å². The van der Waals surface area contributed by atoms with Gasteiger partial charge in [0.25, 0.3) is 0 Å². The number of hydrogen-bond acceptors (Lipinski definition) is 1. The van der Waals surface area contributed by atoms with Gasteiger partial charge < -0.3 is 4.42 Å². The van der Waals surface area contributed by atoms with Crippen molar-refractivity contribution >= 4 is 21.9 Å². The first-order chi connectivity index (χ1) is 23.0. The van der Waals surface area contributed by atoms with Crippen LogP contribution in [0.5, 0.6) is 0 Å². The number of benzene rings is 7. The van der Waals surface area contributed by atoms with E-state index in [0.717, 1.165) is 11.2 Å². The fourth-order valence-corrected chi connectivity index (χ4v) is 8.45. The topological polar surface area (TPSA) is 13.1 Å². The van der Waals surface area contributed by atoms with Gasteiger partial charge in [0.05, 0.1) is 0 Å². The van der Waals surface area contributed by atoms with E-state index in [4.69, 9.17) is 4.42 Å². The van der Waals surface area contributed by atoms with E-state index in [9.17, 15) is 0 Å². The van der Waals surface area contributed by atoms with Crippen LogP contribution in [0, 0.1) is 0 Å². The Morgan fingerprint density at radius 1 is 0.426 bits per heavy atom. The molecule has 0 spiro atoms. The van der Waals surface area contributed by atoms with Gasteiger partial charge in [0.1, 0.15) is 11.2 Å². The second kappa shape index (κ2) is 9.67. The van der Waals surface area contributed by atoms with Crippen LogP contribution in [-0.4, -0.2) is 0 Å². The molecule has 8 aromatic rings. The quantitative estimate of drug-likeness (QED) is 0.197. The van der Waals surface area contributed by atoms with Crippen molar-refractivity contribution in [1.29, 1.82) is 0 Å². The van der Waals surface area contributed by atoms with Crippen molar-refractivity contribution in [3.63, 3.8) is 0 Å². The van der Waals surface area contributed by atoms with Crippen molar-refractivity contribution in [2.45, 2.75) is 25.2 Å². The summed E-state index contributed by atoms with van der Waals surface area (Å²) in [4.78, 5) is 0. The predicted molar refractivity (Wildman–Crippen MR) is 195 cm³/mol. The summed E-state index contributed by atoms with van der Waals surface area (Å²) in [6.45, 7) is 4.72. The van der Waals surface area contributed by atoms with Crippen LogP contribution >= 0.6 is 0 Å². The van der Waals surface area contributed by atoms with Gasteiger partial charge in [-0.1, -0.05) is 135 Å². The van der Waals surface area contributed by atoms with E-state index >= 15 is 0 Å². The van der Waals surface area contributed by atoms with Crippen LogP contribution in [0.2, 0.25) is 0 Å². The van der Waals surface area contributed by atoms with Crippen LogP contribution < -0.4 is 0 Å². The molecule has 1 aromatic heterocycles. The van der Waals surface area contributed by atoms with Gasteiger partial charge >= 0.3 is 0 Å². The normalized spacial score (nSPS) is 15.4. The SMILES string of the molecule is CC1(C)c2ccccc2-c2ccc(-c3cc(-c4ccccc4)cc(C4c5ccccc5-c5cc6c(cc54)oc4ccccc46)c3)cc21. The zero-order chi connectivity index (χ0) is 31.3. The Hall–Kier alpha value is -5.66. The summed E-state index contributed by atoms with van der Waals surface area (Å²) >= 11 is 0. The molecule has 0 saturated heterocycles. The summed E-state index contributed by atoms with van der Waals surface area (Å²) in [5, 5.41) is 2.34. The summed E-state index contributed by atoms with van der Waals surface area (Å²) in [5.41, 5.74) is 18.8. The number of rotatable bonds is 3. The first-order valence-electron chi connectivity index (χ1n) is 16.5. The average molecular weight is 601 g/mol. The molecule has 0 N–H and O–H groups in total. The Morgan fingerprint density at radius 3 is 2.00 bits per heavy atom. The monoisotopic (exact) mass is 600 g/mol. The fraction of sp³-hybridized carbons (Fsp3) is 0.0870. The molecule has 1 atom stereocenters. The maximum absolute atomic E-state index is 6.44. The maximum atomic E-state index is 6.44. The molecule has 1 unspecified atom stereocenters. The molecule has 0 saturated carbocycles. The maximum Gasteiger partial charge on any atom is 0.135 e. The first kappa shape index (κ1) is 26.5. The zero-order valence-corrected chi connectivity index (χ0v) is 26.4. The minimum Gasteiger partial charge on any atom is -0.456 e. The lowest BCUT2D eigenvalue weighted by atomic mass is 9.81. The van der Waals surface area contributed by atoms with Gasteiger partial charge in [-0.15, -0.1) is 0 Å². The minimum absolute atomic E-state index is 0.0525. The lowest BCUT2D eigenvalue weighted by Crippen LogP contribution is -2.14. The summed E-state index contributed by atoms with van der Waals surface area (Å²) in [6.07, 6.45) is 0. The molecule has 2 aliphatic carbocycles. The Labute approximate surface area is 274 Å². The third-order valence-corrected chi connectivity index (χ3v) is 10.7. The van der Waals surface area contributed by atoms with Crippen LogP contribution in [0.25, 0.3) is 66.4 Å². The molecule has 2 aliphatic rings. The molecule has 222 valence electrons. The average Bonchev–Trinajstić information content (AvgIpc) is 3.72. The summed E-state index contributed by atoms with van der Waals surface area (Å²) < 4.78 is 6.44. The van der Waals surface area contributed by atoms with Crippen molar-refractivity contribution in [3.05, 3.63) is 179 Å². The van der Waals surface area contributed by atoms with Gasteiger partial charge in [-0.2, -0.15) is 0 Å². The molecule has 0 radical (unpaired) electrons. The van der Waals surface area contributed by atoms with E-state index in [1.54, 1.807) is 0 Å². The first-order valence-corrected chi connectivity index (χ1v) is 16.5. The summed E-state index contributed by atoms with van der Waals surface area (Å²) in [5.74, 6) is 0.0938. The Balaban J connectivity index is 1.20. The highest BCUT2D eigenvalue weighted by molar-refractivity contribution is 6.07. The molecular weight excluding hydrogens is 569 g/mol. The fourth-order valence-electron chi connectivity index (χ4n) is 8.45. The predicted octanol–water partition coefficient (Wildman–Crippen LogP) is 12.4. The molecule has 0 aliphatic heterocycles. The van der Waals surface area contributed by atoms with Crippen molar-refractivity contribution in [3.8, 4) is 44.5 Å². The highest BCUT2D eigenvalue weighted by Crippen LogP contribution is 2.52. The lowest BCUT2D eigenvalue weighted by molar-refractivity contribution is 0.660. The summed E-state index contributed by atoms with van der Waals surface area (Å²) in [7, 11) is 0. The molecule has 0 amide bonds. The van der Waals surface area contributed by atoms with Gasteiger partial charge in [-0.05, 0) is 103 Å². The van der Waals surface area contributed by atoms with E-state index in [0.29, 0.717) is 0 Å². The van der Waals surface area contributed by atoms with Gasteiger partial charge in [-0.3, -0.25) is 0 Å². The number of para-hydroxylation sites is 1. The second-order valence-corrected chi connectivity index (χ2v) is 13.7. The standard InChI is InChI=1S/C46H32O/c1-46(2)41-18-10-8-15-34(41)35-21-20-29(25-42(35)46)31-22-30(28-12-4-3-5-13-28)23-32(24-31)45-37-17-7-6-14-33(37)38-26-39-36-16-9-11-19-43(36)47-44(39)27-40(38)45/h3-27,45H,1-2H3. The van der Waals surface area contributed by atoms with E-state index in [2.05, 4.69) is 159 Å². The van der Waals surface area contributed by atoms with Crippen LogP contribution in [0.1, 0.15) is 47.6 Å². The lowest BCUT2D eigenvalue weighted by Gasteiger charge is -2.22. The zero-order valence-electron chi connectivity index (χ0n) is 26.4. The van der Waals surface area contributed by atoms with Crippen LogP contribution in [0.15, 0.2) is 156 Å². The van der Waals surface area contributed by atoms with Gasteiger partial charge in [0, 0.05) is 22.1 Å². The molecule has 0 fully saturated rings. The van der Waals surface area contributed by atoms with Crippen molar-refractivity contribution < 1.29 is 4.42 Å². The van der Waals surface area contributed by atoms with Gasteiger partial charge in [0.2, 0.25) is 0 Å². The number of furan rings is 1. The van der Waals surface area contributed by atoms with Gasteiger partial charge in [0.15, 0.2) is 0 Å². The molecule has 7 aromatic carbocycles. The third-order valence-electron chi connectivity index (χ3n) is 10.7. The van der Waals surface area contributed by atoms with Crippen molar-refractivity contribution in [2.24, 2.45) is 0 Å². The van der Waals surface area contributed by atoms with E-state index < -0.39 is 0 Å². The smallest absolute Gasteiger partial charge is 0.135 e. The molecular formula is C46H32O. The highest BCUT2D eigenvalue weighted by Gasteiger charge is 2.36. The third kappa shape index (κ3) is 3.84.